The first-order valence-electron chi connectivity index (χ1n) is 6.62. The molecule has 2 aromatic rings. The van der Waals surface area contributed by atoms with Crippen LogP contribution < -0.4 is 5.32 Å². The normalized spacial score (nSPS) is 15.0. The van der Waals surface area contributed by atoms with Crippen molar-refractivity contribution in [2.75, 3.05) is 11.9 Å². The Morgan fingerprint density at radius 1 is 1.33 bits per heavy atom. The number of nitrogens with zero attached hydrogens (tertiary/aromatic N) is 1. The standard InChI is InChI=1S/C15H17BrN2/c1-2-7-17-15-9-14(10-3-4-10)18-13-6-5-11(16)8-12(13)15/h5-6,8-10H,2-4,7H2,1H3,(H,17,18). The van der Waals surface area contributed by atoms with E-state index in [1.165, 1.54) is 29.6 Å². The van der Waals surface area contributed by atoms with Crippen LogP contribution in [0.5, 0.6) is 0 Å². The predicted molar refractivity (Wildman–Crippen MR) is 80.2 cm³/mol. The van der Waals surface area contributed by atoms with Gasteiger partial charge in [0.25, 0.3) is 0 Å². The van der Waals surface area contributed by atoms with Gasteiger partial charge in [0.1, 0.15) is 0 Å². The predicted octanol–water partition coefficient (Wildman–Crippen LogP) is 4.70. The van der Waals surface area contributed by atoms with Gasteiger partial charge in [0.05, 0.1) is 5.52 Å². The number of nitrogens with one attached hydrogen (secondary N) is 1. The zero-order valence-corrected chi connectivity index (χ0v) is 12.1. The first-order valence-corrected chi connectivity index (χ1v) is 7.41. The molecule has 3 rings (SSSR count). The Bertz CT molecular complexity index is 576. The van der Waals surface area contributed by atoms with Crippen LogP contribution in [0.15, 0.2) is 28.7 Å². The van der Waals surface area contributed by atoms with Crippen LogP contribution >= 0.6 is 15.9 Å². The van der Waals surface area contributed by atoms with Crippen molar-refractivity contribution >= 4 is 32.5 Å². The lowest BCUT2D eigenvalue weighted by atomic mass is 10.1. The lowest BCUT2D eigenvalue weighted by molar-refractivity contribution is 0.976. The molecule has 0 aliphatic heterocycles. The number of fused-ring (bicyclic) bond motifs is 1. The molecule has 94 valence electrons. The van der Waals surface area contributed by atoms with Crippen molar-refractivity contribution in [1.29, 1.82) is 0 Å². The summed E-state index contributed by atoms with van der Waals surface area (Å²) < 4.78 is 1.11. The maximum Gasteiger partial charge on any atom is 0.0726 e. The maximum absolute atomic E-state index is 4.79. The quantitative estimate of drug-likeness (QED) is 0.886. The van der Waals surface area contributed by atoms with Gasteiger partial charge in [0, 0.05) is 33.7 Å². The second kappa shape index (κ2) is 4.88. The average molecular weight is 305 g/mol. The van der Waals surface area contributed by atoms with Gasteiger partial charge in [-0.25, -0.2) is 0 Å². The van der Waals surface area contributed by atoms with Gasteiger partial charge in [-0.3, -0.25) is 4.98 Å². The van der Waals surface area contributed by atoms with E-state index in [-0.39, 0.29) is 0 Å². The van der Waals surface area contributed by atoms with Gasteiger partial charge in [-0.2, -0.15) is 0 Å². The number of halogens is 1. The molecule has 0 saturated heterocycles. The zero-order valence-electron chi connectivity index (χ0n) is 10.5. The Hall–Kier alpha value is -1.09. The zero-order chi connectivity index (χ0) is 12.5. The van der Waals surface area contributed by atoms with E-state index in [0.29, 0.717) is 5.92 Å². The molecule has 0 unspecified atom stereocenters. The van der Waals surface area contributed by atoms with Crippen molar-refractivity contribution in [2.45, 2.75) is 32.1 Å². The van der Waals surface area contributed by atoms with Crippen LogP contribution in [-0.2, 0) is 0 Å². The molecule has 1 aliphatic carbocycles. The second-order valence-electron chi connectivity index (χ2n) is 4.96. The highest BCUT2D eigenvalue weighted by Gasteiger charge is 2.25. The molecule has 2 nitrogen and oxygen atoms in total. The Kier molecular flexibility index (Phi) is 3.25. The number of hydrogen-bond acceptors (Lipinski definition) is 2. The summed E-state index contributed by atoms with van der Waals surface area (Å²) in [6, 6.07) is 8.55. The molecule has 0 amide bonds. The minimum Gasteiger partial charge on any atom is -0.384 e. The summed E-state index contributed by atoms with van der Waals surface area (Å²) in [5.74, 6) is 0.695. The third-order valence-corrected chi connectivity index (χ3v) is 3.84. The second-order valence-corrected chi connectivity index (χ2v) is 5.87. The highest BCUT2D eigenvalue weighted by molar-refractivity contribution is 9.10. The van der Waals surface area contributed by atoms with Crippen LogP contribution in [-0.4, -0.2) is 11.5 Å². The van der Waals surface area contributed by atoms with Crippen molar-refractivity contribution in [3.8, 4) is 0 Å². The van der Waals surface area contributed by atoms with Crippen molar-refractivity contribution in [3.05, 3.63) is 34.4 Å². The number of benzene rings is 1. The Balaban J connectivity index is 2.11. The third-order valence-electron chi connectivity index (χ3n) is 3.35. The molecule has 0 radical (unpaired) electrons. The fourth-order valence-corrected chi connectivity index (χ4v) is 2.57. The van der Waals surface area contributed by atoms with Crippen LogP contribution in [0.1, 0.15) is 37.8 Å². The van der Waals surface area contributed by atoms with Gasteiger partial charge < -0.3 is 5.32 Å². The summed E-state index contributed by atoms with van der Waals surface area (Å²) in [6.07, 6.45) is 3.72. The molecule has 1 heterocycles. The van der Waals surface area contributed by atoms with E-state index in [0.717, 1.165) is 23.0 Å². The highest BCUT2D eigenvalue weighted by atomic mass is 79.9. The molecule has 1 saturated carbocycles. The van der Waals surface area contributed by atoms with E-state index < -0.39 is 0 Å². The van der Waals surface area contributed by atoms with Gasteiger partial charge in [-0.1, -0.05) is 22.9 Å². The van der Waals surface area contributed by atoms with Crippen molar-refractivity contribution < 1.29 is 0 Å². The van der Waals surface area contributed by atoms with Crippen LogP contribution in [0, 0.1) is 0 Å². The molecular formula is C15H17BrN2. The maximum atomic E-state index is 4.79. The van der Waals surface area contributed by atoms with Crippen LogP contribution in [0.25, 0.3) is 10.9 Å². The molecular weight excluding hydrogens is 288 g/mol. The van der Waals surface area contributed by atoms with Crippen LogP contribution in [0.4, 0.5) is 5.69 Å². The van der Waals surface area contributed by atoms with Crippen molar-refractivity contribution in [1.82, 2.24) is 4.98 Å². The molecule has 0 bridgehead atoms. The van der Waals surface area contributed by atoms with E-state index in [1.807, 2.05) is 0 Å². The summed E-state index contributed by atoms with van der Waals surface area (Å²) in [5.41, 5.74) is 3.58. The number of aromatic nitrogens is 1. The first kappa shape index (κ1) is 12.0. The van der Waals surface area contributed by atoms with Crippen LogP contribution in [0.2, 0.25) is 0 Å². The van der Waals surface area contributed by atoms with E-state index in [2.05, 4.69) is 52.4 Å². The number of pyridine rings is 1. The lowest BCUT2D eigenvalue weighted by Gasteiger charge is -2.11. The minimum atomic E-state index is 0.695. The first-order chi connectivity index (χ1) is 8.78. The van der Waals surface area contributed by atoms with Crippen molar-refractivity contribution in [3.63, 3.8) is 0 Å². The molecule has 1 aliphatic rings. The number of rotatable bonds is 4. The summed E-state index contributed by atoms with van der Waals surface area (Å²) in [5, 5.41) is 4.74. The van der Waals surface area contributed by atoms with E-state index >= 15 is 0 Å². The number of anilines is 1. The topological polar surface area (TPSA) is 24.9 Å². The third kappa shape index (κ3) is 2.37. The monoisotopic (exact) mass is 304 g/mol. The SMILES string of the molecule is CCCNc1cc(C2CC2)nc2ccc(Br)cc12. The van der Waals surface area contributed by atoms with Crippen molar-refractivity contribution in [2.24, 2.45) is 0 Å². The molecule has 3 heteroatoms. The van der Waals surface area contributed by atoms with Gasteiger partial charge in [-0.05, 0) is 43.5 Å². The van der Waals surface area contributed by atoms with Gasteiger partial charge in [-0.15, -0.1) is 0 Å². The van der Waals surface area contributed by atoms with Gasteiger partial charge >= 0.3 is 0 Å². The minimum absolute atomic E-state index is 0.695. The number of hydrogen-bond donors (Lipinski definition) is 1. The summed E-state index contributed by atoms with van der Waals surface area (Å²) in [6.45, 7) is 3.20. The summed E-state index contributed by atoms with van der Waals surface area (Å²) in [4.78, 5) is 4.79. The van der Waals surface area contributed by atoms with E-state index in [4.69, 9.17) is 4.98 Å². The molecule has 1 N–H and O–H groups in total. The Labute approximate surface area is 116 Å². The largest absolute Gasteiger partial charge is 0.384 e. The Morgan fingerprint density at radius 2 is 2.17 bits per heavy atom. The smallest absolute Gasteiger partial charge is 0.0726 e. The fourth-order valence-electron chi connectivity index (χ4n) is 2.21. The summed E-state index contributed by atoms with van der Waals surface area (Å²) in [7, 11) is 0. The molecule has 1 aromatic heterocycles. The molecule has 1 aromatic carbocycles. The summed E-state index contributed by atoms with van der Waals surface area (Å²) >= 11 is 3.54. The van der Waals surface area contributed by atoms with E-state index in [9.17, 15) is 0 Å². The molecule has 18 heavy (non-hydrogen) atoms. The molecule has 1 fully saturated rings. The highest BCUT2D eigenvalue weighted by Crippen LogP contribution is 2.41. The average Bonchev–Trinajstić information content (AvgIpc) is 3.20. The van der Waals surface area contributed by atoms with Crippen LogP contribution in [0.3, 0.4) is 0 Å². The molecule has 0 atom stereocenters. The lowest BCUT2D eigenvalue weighted by Crippen LogP contribution is -2.02. The van der Waals surface area contributed by atoms with Gasteiger partial charge in [0.15, 0.2) is 0 Å². The Morgan fingerprint density at radius 3 is 2.89 bits per heavy atom. The fraction of sp³-hybridized carbons (Fsp3) is 0.400. The molecule has 0 spiro atoms. The van der Waals surface area contributed by atoms with Gasteiger partial charge in [0.2, 0.25) is 0 Å². The van der Waals surface area contributed by atoms with E-state index in [1.54, 1.807) is 0 Å².